The molecule has 3 aromatic rings. The van der Waals surface area contributed by atoms with E-state index in [2.05, 4.69) is 20.3 Å². The third-order valence-corrected chi connectivity index (χ3v) is 4.09. The number of nitrogens with zero attached hydrogens (tertiary/aromatic N) is 3. The predicted octanol–water partition coefficient (Wildman–Crippen LogP) is 1.63. The highest BCUT2D eigenvalue weighted by molar-refractivity contribution is 7.14. The molecule has 0 spiro atoms. The Bertz CT molecular complexity index is 835. The molecule has 0 aliphatic rings. The largest absolute Gasteiger partial charge is 0.364 e. The lowest BCUT2D eigenvalue weighted by Crippen LogP contribution is -2.22. The average Bonchev–Trinajstić information content (AvgIpc) is 3.26. The number of nitrogens with one attached hydrogen (secondary N) is 2. The molecular weight excluding hydrogens is 316 g/mol. The zero-order valence-corrected chi connectivity index (χ0v) is 13.0. The standard InChI is InChI=1S/C14H14N6O2S/c1-8(20-3-2-16-7-20)13(22)19-14-18-11(6-23-14)9-4-10(12(15)21)17-5-9/h2-8,17H,1H3,(H2,15,21)(H,18,19,22). The predicted molar refractivity (Wildman–Crippen MR) is 86.0 cm³/mol. The van der Waals surface area contributed by atoms with Crippen molar-refractivity contribution in [2.45, 2.75) is 13.0 Å². The van der Waals surface area contributed by atoms with Crippen LogP contribution in [0, 0.1) is 0 Å². The number of rotatable bonds is 5. The maximum absolute atomic E-state index is 12.2. The molecule has 1 atom stereocenters. The first-order valence-corrected chi connectivity index (χ1v) is 7.65. The fourth-order valence-electron chi connectivity index (χ4n) is 1.99. The highest BCUT2D eigenvalue weighted by Crippen LogP contribution is 2.26. The van der Waals surface area contributed by atoms with Gasteiger partial charge < -0.3 is 20.6 Å². The second-order valence-electron chi connectivity index (χ2n) is 4.88. The number of imidazole rings is 1. The molecule has 0 saturated heterocycles. The Morgan fingerprint density at radius 2 is 2.30 bits per heavy atom. The van der Waals surface area contributed by atoms with E-state index >= 15 is 0 Å². The first-order chi connectivity index (χ1) is 11.0. The second-order valence-corrected chi connectivity index (χ2v) is 5.74. The van der Waals surface area contributed by atoms with Crippen LogP contribution in [-0.2, 0) is 4.79 Å². The summed E-state index contributed by atoms with van der Waals surface area (Å²) in [4.78, 5) is 34.3. The van der Waals surface area contributed by atoms with Crippen LogP contribution < -0.4 is 11.1 Å². The van der Waals surface area contributed by atoms with E-state index in [0.717, 1.165) is 5.56 Å². The van der Waals surface area contributed by atoms with Gasteiger partial charge in [-0.3, -0.25) is 9.59 Å². The number of amides is 2. The van der Waals surface area contributed by atoms with Gasteiger partial charge in [-0.25, -0.2) is 9.97 Å². The molecule has 3 heterocycles. The summed E-state index contributed by atoms with van der Waals surface area (Å²) in [6, 6.07) is 1.23. The van der Waals surface area contributed by atoms with Crippen molar-refractivity contribution < 1.29 is 9.59 Å². The minimum atomic E-state index is -0.533. The van der Waals surface area contributed by atoms with Gasteiger partial charge in [0, 0.05) is 29.5 Å². The Morgan fingerprint density at radius 3 is 2.96 bits per heavy atom. The summed E-state index contributed by atoms with van der Waals surface area (Å²) in [5, 5.41) is 5.05. The molecule has 2 amide bonds. The van der Waals surface area contributed by atoms with Crippen LogP contribution >= 0.6 is 11.3 Å². The van der Waals surface area contributed by atoms with Crippen molar-refractivity contribution in [3.63, 3.8) is 0 Å². The summed E-state index contributed by atoms with van der Waals surface area (Å²) in [6.07, 6.45) is 6.58. The number of aromatic nitrogens is 4. The Balaban J connectivity index is 1.71. The first kappa shape index (κ1) is 15.0. The highest BCUT2D eigenvalue weighted by atomic mass is 32.1. The van der Waals surface area contributed by atoms with E-state index in [1.165, 1.54) is 11.3 Å². The van der Waals surface area contributed by atoms with Crippen molar-refractivity contribution in [3.05, 3.63) is 42.1 Å². The second kappa shape index (κ2) is 6.05. The van der Waals surface area contributed by atoms with Crippen molar-refractivity contribution in [1.29, 1.82) is 0 Å². The highest BCUT2D eigenvalue weighted by Gasteiger charge is 2.16. The monoisotopic (exact) mass is 330 g/mol. The molecule has 0 aromatic carbocycles. The number of hydrogen-bond donors (Lipinski definition) is 3. The Morgan fingerprint density at radius 1 is 1.48 bits per heavy atom. The normalized spacial score (nSPS) is 12.0. The zero-order valence-electron chi connectivity index (χ0n) is 12.2. The fourth-order valence-corrected chi connectivity index (χ4v) is 2.71. The number of primary amides is 1. The molecule has 1 unspecified atom stereocenters. The van der Waals surface area contributed by atoms with E-state index < -0.39 is 11.9 Å². The fraction of sp³-hybridized carbons (Fsp3) is 0.143. The van der Waals surface area contributed by atoms with Gasteiger partial charge in [0.25, 0.3) is 5.91 Å². The lowest BCUT2D eigenvalue weighted by Gasteiger charge is -2.11. The molecule has 4 N–H and O–H groups in total. The van der Waals surface area contributed by atoms with E-state index in [-0.39, 0.29) is 5.91 Å². The molecule has 3 aromatic heterocycles. The molecule has 3 rings (SSSR count). The van der Waals surface area contributed by atoms with Gasteiger partial charge in [0.1, 0.15) is 11.7 Å². The molecule has 0 radical (unpaired) electrons. The lowest BCUT2D eigenvalue weighted by molar-refractivity contribution is -0.118. The maximum atomic E-state index is 12.2. The van der Waals surface area contributed by atoms with Crippen LogP contribution in [0.25, 0.3) is 11.3 Å². The van der Waals surface area contributed by atoms with Gasteiger partial charge in [0.05, 0.1) is 12.0 Å². The number of nitrogens with two attached hydrogens (primary N) is 1. The number of hydrogen-bond acceptors (Lipinski definition) is 5. The van der Waals surface area contributed by atoms with Crippen LogP contribution in [0.4, 0.5) is 5.13 Å². The third-order valence-electron chi connectivity index (χ3n) is 3.33. The third kappa shape index (κ3) is 3.14. The van der Waals surface area contributed by atoms with E-state index in [4.69, 9.17) is 5.73 Å². The molecule has 23 heavy (non-hydrogen) atoms. The van der Waals surface area contributed by atoms with Gasteiger partial charge >= 0.3 is 0 Å². The number of H-pyrrole nitrogens is 1. The van der Waals surface area contributed by atoms with Crippen LogP contribution in [0.2, 0.25) is 0 Å². The first-order valence-electron chi connectivity index (χ1n) is 6.77. The Kier molecular flexibility index (Phi) is 3.94. The smallest absolute Gasteiger partial charge is 0.265 e. The van der Waals surface area contributed by atoms with Gasteiger partial charge in [0.15, 0.2) is 5.13 Å². The maximum Gasteiger partial charge on any atom is 0.265 e. The van der Waals surface area contributed by atoms with Gasteiger partial charge in [0.2, 0.25) is 5.91 Å². The Hall–Kier alpha value is -2.94. The number of aromatic amines is 1. The summed E-state index contributed by atoms with van der Waals surface area (Å²) in [7, 11) is 0. The van der Waals surface area contributed by atoms with Crippen LogP contribution in [-0.4, -0.2) is 31.3 Å². The molecule has 9 heteroatoms. The van der Waals surface area contributed by atoms with Crippen molar-refractivity contribution in [2.75, 3.05) is 5.32 Å². The van der Waals surface area contributed by atoms with Crippen molar-refractivity contribution >= 4 is 28.3 Å². The topological polar surface area (TPSA) is 119 Å². The average molecular weight is 330 g/mol. The number of carbonyl (C=O) groups is 2. The molecule has 8 nitrogen and oxygen atoms in total. The number of carbonyl (C=O) groups excluding carboxylic acids is 2. The number of thiazole rings is 1. The number of anilines is 1. The summed E-state index contributed by atoms with van der Waals surface area (Å²) in [6.45, 7) is 1.77. The molecule has 0 saturated carbocycles. The minimum Gasteiger partial charge on any atom is -0.364 e. The van der Waals surface area contributed by atoms with Crippen LogP contribution in [0.1, 0.15) is 23.5 Å². The molecule has 0 bridgehead atoms. The van der Waals surface area contributed by atoms with E-state index in [1.54, 1.807) is 47.9 Å². The quantitative estimate of drug-likeness (QED) is 0.658. The molecule has 118 valence electrons. The Labute approximate surface area is 135 Å². The van der Waals surface area contributed by atoms with E-state index in [1.807, 2.05) is 0 Å². The summed E-state index contributed by atoms with van der Waals surface area (Å²) in [5.41, 5.74) is 6.91. The summed E-state index contributed by atoms with van der Waals surface area (Å²) in [5.74, 6) is -0.718. The van der Waals surface area contributed by atoms with E-state index in [9.17, 15) is 9.59 Å². The van der Waals surface area contributed by atoms with E-state index in [0.29, 0.717) is 16.5 Å². The van der Waals surface area contributed by atoms with Gasteiger partial charge in [-0.05, 0) is 13.0 Å². The van der Waals surface area contributed by atoms with Gasteiger partial charge in [-0.1, -0.05) is 0 Å². The van der Waals surface area contributed by atoms with Gasteiger partial charge in [-0.15, -0.1) is 11.3 Å². The molecule has 0 aliphatic carbocycles. The van der Waals surface area contributed by atoms with Crippen molar-refractivity contribution in [1.82, 2.24) is 19.5 Å². The van der Waals surface area contributed by atoms with Crippen LogP contribution in [0.5, 0.6) is 0 Å². The molecule has 0 fully saturated rings. The molecular formula is C14H14N6O2S. The van der Waals surface area contributed by atoms with Crippen molar-refractivity contribution in [3.8, 4) is 11.3 Å². The van der Waals surface area contributed by atoms with Crippen molar-refractivity contribution in [2.24, 2.45) is 5.73 Å². The summed E-state index contributed by atoms with van der Waals surface area (Å²) >= 11 is 1.31. The zero-order chi connectivity index (χ0) is 16.4. The minimum absolute atomic E-state index is 0.184. The van der Waals surface area contributed by atoms with Crippen LogP contribution in [0.15, 0.2) is 36.4 Å². The SMILES string of the molecule is CC(C(=O)Nc1nc(-c2c[nH]c(C(N)=O)c2)cs1)n1ccnc1. The van der Waals surface area contributed by atoms with Crippen LogP contribution in [0.3, 0.4) is 0 Å². The molecule has 0 aliphatic heterocycles. The summed E-state index contributed by atoms with van der Waals surface area (Å²) < 4.78 is 1.70. The lowest BCUT2D eigenvalue weighted by atomic mass is 10.2. The van der Waals surface area contributed by atoms with Gasteiger partial charge in [-0.2, -0.15) is 0 Å².